The van der Waals surface area contributed by atoms with Crippen LogP contribution in [0, 0.1) is 21.3 Å². The van der Waals surface area contributed by atoms with E-state index < -0.39 is 151 Å². The summed E-state index contributed by atoms with van der Waals surface area (Å²) in [6.45, 7) is 14.9. The number of nitrogens with zero attached hydrogens (tertiary/aromatic N) is 8. The average Bonchev–Trinajstić information content (AvgIpc) is 0.816. The molecule has 2 aromatic carbocycles. The van der Waals surface area contributed by atoms with E-state index in [0.717, 1.165) is 24.7 Å². The van der Waals surface area contributed by atoms with Crippen molar-refractivity contribution in [2.24, 2.45) is 17.8 Å². The number of carbonyl (C=O) groups excluding carboxylic acids is 12. The van der Waals surface area contributed by atoms with Gasteiger partial charge in [-0.15, -0.1) is 0 Å². The number of unbranched alkanes of at least 4 members (excludes halogenated alkanes) is 1. The van der Waals surface area contributed by atoms with Gasteiger partial charge in [0.25, 0.3) is 0 Å². The van der Waals surface area contributed by atoms with Gasteiger partial charge in [0.2, 0.25) is 70.9 Å². The highest BCUT2D eigenvalue weighted by molar-refractivity contribution is 14.1. The molecule has 0 aromatic heterocycles. The van der Waals surface area contributed by atoms with Gasteiger partial charge in [-0.3, -0.25) is 57.5 Å². The molecule has 2 aliphatic rings. The molecule has 12 amide bonds. The molecule has 528 valence electrons. The van der Waals surface area contributed by atoms with Gasteiger partial charge in [0.1, 0.15) is 47.8 Å². The summed E-state index contributed by atoms with van der Waals surface area (Å²) in [7, 11) is 9.72. The molecule has 0 bridgehead atoms. The SMILES string of the molecule is CCCC[C@@H]1NC(=O)[C@H](Cc2cc(I)ccc2Cl)NC(=O)CN(C)C(=O)[C@H](Cc2ccc(Cl)cc2)N(C)C(=O)CN(C)C(=O)CN(C)C(=O)[C@H]([C@@H](C)CC)NC(=O)[C@H](CC(C)C)N(C)C(=O)CC(C(=O)N2CCCCC2)N(C)C(=O)[C@H](CC(C)C)NC(=O)C(C)(C)N(C)C1=O. The molecule has 0 spiro atoms. The lowest BCUT2D eigenvalue weighted by Gasteiger charge is -2.39. The van der Waals surface area contributed by atoms with Crippen LogP contribution in [0.4, 0.5) is 0 Å². The minimum atomic E-state index is -1.71. The Balaban J connectivity index is 1.90. The molecule has 8 atom stereocenters. The molecule has 1 unspecified atom stereocenters. The van der Waals surface area contributed by atoms with Crippen LogP contribution in [0.5, 0.6) is 0 Å². The van der Waals surface area contributed by atoms with Gasteiger partial charge in [0, 0.05) is 88.9 Å². The second kappa shape index (κ2) is 37.2. The summed E-state index contributed by atoms with van der Waals surface area (Å²) in [5, 5.41) is 12.1. The minimum absolute atomic E-state index is 0.0625. The highest BCUT2D eigenvalue weighted by atomic mass is 127. The first-order valence-corrected chi connectivity index (χ1v) is 34.8. The Kier molecular flexibility index (Phi) is 31.7. The first-order valence-electron chi connectivity index (χ1n) is 32.9. The predicted octanol–water partition coefficient (Wildman–Crippen LogP) is 5.16. The van der Waals surface area contributed by atoms with Crippen LogP contribution in [-0.2, 0) is 70.4 Å². The van der Waals surface area contributed by atoms with Crippen LogP contribution in [0.3, 0.4) is 0 Å². The standard InChI is InChI=1S/C68H103Cl2IN12O12/c1-17-19-23-49-63(91)82(16)68(8,9)67(95)74-51(32-41(3)4)62(90)81(15)54(65(93)83-30-21-20-22-31-83)37-56(85)79(13)52(33-42(5)6)61(89)75-59(43(7)18-2)66(94)78(12)39-57(86)76(10)40-58(87)80(14)53(34-44-24-26-46(69)27-25-44)64(92)77(11)38-55(84)72-50(60(88)73-49)36-45-35-47(71)28-29-48(45)70/h24-29,35,41-43,49-54,59H,17-23,30-34,36-40H2,1-16H3,(H,72,84)(H,73,88)(H,74,95)(H,75,89)/t43-,49-,50-,51-,52-,53-,54?,59-/m0/s1. The van der Waals surface area contributed by atoms with Crippen molar-refractivity contribution in [3.05, 3.63) is 67.2 Å². The number of halogens is 3. The van der Waals surface area contributed by atoms with Crippen molar-refractivity contribution < 1.29 is 57.5 Å². The Morgan fingerprint density at radius 2 is 1.19 bits per heavy atom. The summed E-state index contributed by atoms with van der Waals surface area (Å²) in [6.07, 6.45) is 3.22. The van der Waals surface area contributed by atoms with Crippen LogP contribution in [0.1, 0.15) is 138 Å². The normalized spacial score (nSPS) is 23.8. The monoisotopic (exact) mass is 1480 g/mol. The highest BCUT2D eigenvalue weighted by Crippen LogP contribution is 2.25. The van der Waals surface area contributed by atoms with E-state index in [2.05, 4.69) is 43.9 Å². The van der Waals surface area contributed by atoms with Crippen LogP contribution in [0.25, 0.3) is 0 Å². The van der Waals surface area contributed by atoms with E-state index in [1.165, 1.54) is 82.8 Å². The second-order valence-electron chi connectivity index (χ2n) is 26.9. The molecule has 2 saturated heterocycles. The maximum absolute atomic E-state index is 15.1. The molecule has 2 aromatic rings. The van der Waals surface area contributed by atoms with E-state index in [-0.39, 0.29) is 49.0 Å². The van der Waals surface area contributed by atoms with E-state index in [1.54, 1.807) is 54.3 Å². The summed E-state index contributed by atoms with van der Waals surface area (Å²) < 4.78 is 0.768. The number of likely N-dealkylation sites (N-methyl/N-ethyl adjacent to an activating group) is 7. The second-order valence-corrected chi connectivity index (χ2v) is 29.0. The number of amides is 12. The zero-order chi connectivity index (χ0) is 71.5. The van der Waals surface area contributed by atoms with E-state index in [1.807, 2.05) is 41.5 Å². The van der Waals surface area contributed by atoms with Crippen LogP contribution >= 0.6 is 45.8 Å². The largest absolute Gasteiger partial charge is 0.343 e. The zero-order valence-corrected chi connectivity index (χ0v) is 62.1. The van der Waals surface area contributed by atoms with Gasteiger partial charge in [-0.25, -0.2) is 0 Å². The number of hydrogen-bond donors (Lipinski definition) is 4. The van der Waals surface area contributed by atoms with Crippen molar-refractivity contribution in [3.63, 3.8) is 0 Å². The van der Waals surface area contributed by atoms with Gasteiger partial charge in [0.15, 0.2) is 0 Å². The molecule has 27 heteroatoms. The molecule has 4 N–H and O–H groups in total. The molecule has 0 saturated carbocycles. The van der Waals surface area contributed by atoms with Gasteiger partial charge in [0.05, 0.1) is 26.1 Å². The van der Waals surface area contributed by atoms with Crippen molar-refractivity contribution in [2.45, 2.75) is 187 Å². The van der Waals surface area contributed by atoms with Crippen LogP contribution in [0.2, 0.25) is 10.0 Å². The number of hydrogen-bond acceptors (Lipinski definition) is 12. The van der Waals surface area contributed by atoms with Gasteiger partial charge < -0.3 is 60.5 Å². The summed E-state index contributed by atoms with van der Waals surface area (Å²) in [6, 6.07) is 2.73. The first-order chi connectivity index (χ1) is 44.4. The van der Waals surface area contributed by atoms with Gasteiger partial charge in [-0.1, -0.05) is 103 Å². The average molecular weight is 1480 g/mol. The quantitative estimate of drug-likeness (QED) is 0.179. The number of likely N-dealkylation sites (tertiary alicyclic amines) is 1. The van der Waals surface area contributed by atoms with E-state index >= 15 is 4.79 Å². The molecule has 2 heterocycles. The first kappa shape index (κ1) is 80.8. The van der Waals surface area contributed by atoms with Gasteiger partial charge in [-0.05, 0) is 134 Å². The van der Waals surface area contributed by atoms with Crippen molar-refractivity contribution in [1.82, 2.24) is 60.5 Å². The fraction of sp³-hybridized carbons (Fsp3) is 0.647. The molecule has 0 aliphatic carbocycles. The number of carbonyl (C=O) groups is 12. The van der Waals surface area contributed by atoms with Gasteiger partial charge in [-0.2, -0.15) is 0 Å². The third kappa shape index (κ3) is 23.0. The van der Waals surface area contributed by atoms with Crippen molar-refractivity contribution in [3.8, 4) is 0 Å². The Morgan fingerprint density at radius 1 is 0.600 bits per heavy atom. The lowest BCUT2D eigenvalue weighted by Crippen LogP contribution is -2.63. The van der Waals surface area contributed by atoms with Crippen LogP contribution < -0.4 is 21.3 Å². The summed E-state index contributed by atoms with van der Waals surface area (Å²) in [4.78, 5) is 186. The number of rotatable bonds is 14. The third-order valence-electron chi connectivity index (χ3n) is 18.1. The molecule has 24 nitrogen and oxygen atoms in total. The third-order valence-corrected chi connectivity index (χ3v) is 19.4. The predicted molar refractivity (Wildman–Crippen MR) is 373 cm³/mol. The summed E-state index contributed by atoms with van der Waals surface area (Å²) in [5.74, 6) is -9.08. The van der Waals surface area contributed by atoms with E-state index in [0.29, 0.717) is 61.3 Å². The Morgan fingerprint density at radius 3 is 1.78 bits per heavy atom. The number of nitrogens with one attached hydrogen (secondary N) is 4. The molecule has 2 fully saturated rings. The molecule has 0 radical (unpaired) electrons. The Bertz CT molecular complexity index is 3060. The lowest BCUT2D eigenvalue weighted by atomic mass is 9.95. The molecule has 4 rings (SSSR count). The summed E-state index contributed by atoms with van der Waals surface area (Å²) in [5.41, 5.74) is -0.638. The fourth-order valence-electron chi connectivity index (χ4n) is 11.4. The smallest absolute Gasteiger partial charge is 0.246 e. The summed E-state index contributed by atoms with van der Waals surface area (Å²) >= 11 is 15.0. The van der Waals surface area contributed by atoms with Crippen LogP contribution in [-0.4, -0.2) is 240 Å². The van der Waals surface area contributed by atoms with Crippen molar-refractivity contribution >= 4 is 117 Å². The molecule has 2 aliphatic heterocycles. The zero-order valence-electron chi connectivity index (χ0n) is 58.4. The van der Waals surface area contributed by atoms with E-state index in [4.69, 9.17) is 23.2 Å². The molecule has 95 heavy (non-hydrogen) atoms. The number of benzene rings is 2. The van der Waals surface area contributed by atoms with Crippen molar-refractivity contribution in [1.29, 1.82) is 0 Å². The molecular formula is C68H103Cl2IN12O12. The van der Waals surface area contributed by atoms with E-state index in [9.17, 15) is 52.7 Å². The van der Waals surface area contributed by atoms with Crippen molar-refractivity contribution in [2.75, 3.05) is 82.1 Å². The Hall–Kier alpha value is -6.61. The maximum atomic E-state index is 15.1. The topological polar surface area (TPSA) is 279 Å². The highest BCUT2D eigenvalue weighted by Gasteiger charge is 2.44. The number of piperidine rings is 1. The lowest BCUT2D eigenvalue weighted by molar-refractivity contribution is -0.152. The van der Waals surface area contributed by atoms with Crippen LogP contribution in [0.15, 0.2) is 42.5 Å². The van der Waals surface area contributed by atoms with Gasteiger partial charge >= 0.3 is 0 Å². The minimum Gasteiger partial charge on any atom is -0.343 e. The maximum Gasteiger partial charge on any atom is 0.246 e. The fourth-order valence-corrected chi connectivity index (χ4v) is 12.3. The Labute approximate surface area is 585 Å². The molecular weight excluding hydrogens is 1370 g/mol.